The van der Waals surface area contributed by atoms with Gasteiger partial charge in [-0.25, -0.2) is 13.4 Å². The van der Waals surface area contributed by atoms with Gasteiger partial charge >= 0.3 is 0 Å². The van der Waals surface area contributed by atoms with E-state index in [1.54, 1.807) is 30.5 Å². The number of H-pyrrole nitrogens is 1. The summed E-state index contributed by atoms with van der Waals surface area (Å²) in [6, 6.07) is 22.4. The number of nitrogens with zero attached hydrogens (tertiary/aromatic N) is 2. The fraction of sp³-hybridized carbons (Fsp3) is 0.226. The number of aromatic amines is 1. The smallest absolute Gasteiger partial charge is 0.245 e. The van der Waals surface area contributed by atoms with E-state index >= 15 is 0 Å². The normalized spacial score (nSPS) is 14.7. The van der Waals surface area contributed by atoms with Crippen LogP contribution in [0.2, 0.25) is 0 Å². The van der Waals surface area contributed by atoms with Gasteiger partial charge in [0.2, 0.25) is 5.91 Å². The van der Waals surface area contributed by atoms with Gasteiger partial charge in [-0.2, -0.15) is 0 Å². The first-order valence-electron chi connectivity index (χ1n) is 13.4. The number of thiazole rings is 1. The Bertz CT molecular complexity index is 1770. The van der Waals surface area contributed by atoms with Crippen molar-refractivity contribution in [2.24, 2.45) is 0 Å². The molecule has 6 rings (SSSR count). The van der Waals surface area contributed by atoms with E-state index in [-0.39, 0.29) is 11.3 Å². The standard InChI is InChI=1S/C31H30N4O4S2/c1-21-6-12-25(13-7-21)41(37,38)29(18-23-19-32-27-5-3-2-4-26(23)27)30(36)34-31-33-28(20-40-31)22-8-10-24(11-9-22)35-14-16-39-17-15-35/h2-13,19-20,29,32H,14-18H2,1H3,(H,33,34,36)/t29-/m0/s1. The van der Waals surface area contributed by atoms with Crippen LogP contribution < -0.4 is 10.2 Å². The van der Waals surface area contributed by atoms with Gasteiger partial charge in [0.1, 0.15) is 5.25 Å². The average molecular weight is 587 g/mol. The summed E-state index contributed by atoms with van der Waals surface area (Å²) in [7, 11) is -4.01. The highest BCUT2D eigenvalue weighted by molar-refractivity contribution is 7.92. The Morgan fingerprint density at radius 1 is 1.05 bits per heavy atom. The van der Waals surface area contributed by atoms with Gasteiger partial charge in [-0.1, -0.05) is 48.0 Å². The first-order chi connectivity index (χ1) is 19.9. The molecule has 10 heteroatoms. The van der Waals surface area contributed by atoms with Crippen molar-refractivity contribution >= 4 is 48.8 Å². The summed E-state index contributed by atoms with van der Waals surface area (Å²) in [5.74, 6) is -0.612. The summed E-state index contributed by atoms with van der Waals surface area (Å²) in [5.41, 5.74) is 5.35. The Kier molecular flexibility index (Phi) is 7.61. The van der Waals surface area contributed by atoms with Crippen molar-refractivity contribution in [2.75, 3.05) is 36.5 Å². The third-order valence-electron chi connectivity index (χ3n) is 7.37. The van der Waals surface area contributed by atoms with Crippen molar-refractivity contribution in [2.45, 2.75) is 23.5 Å². The van der Waals surface area contributed by atoms with Gasteiger partial charge in [0.15, 0.2) is 15.0 Å². The van der Waals surface area contributed by atoms with Crippen molar-refractivity contribution in [3.05, 3.63) is 95.5 Å². The van der Waals surface area contributed by atoms with E-state index in [2.05, 4.69) is 32.3 Å². The average Bonchev–Trinajstić information content (AvgIpc) is 3.64. The number of aromatic nitrogens is 2. The molecule has 1 aliphatic rings. The van der Waals surface area contributed by atoms with E-state index < -0.39 is 21.0 Å². The topological polar surface area (TPSA) is 104 Å². The zero-order valence-electron chi connectivity index (χ0n) is 22.5. The maximum Gasteiger partial charge on any atom is 0.245 e. The van der Waals surface area contributed by atoms with Crippen LogP contribution in [0.4, 0.5) is 10.8 Å². The second-order valence-corrected chi connectivity index (χ2v) is 13.1. The molecule has 1 fully saturated rings. The lowest BCUT2D eigenvalue weighted by molar-refractivity contribution is -0.115. The lowest BCUT2D eigenvalue weighted by atomic mass is 10.1. The molecule has 0 aliphatic carbocycles. The molecule has 8 nitrogen and oxygen atoms in total. The van der Waals surface area contributed by atoms with E-state index in [1.165, 1.54) is 11.3 Å². The van der Waals surface area contributed by atoms with Crippen LogP contribution in [-0.4, -0.2) is 55.8 Å². The number of amides is 1. The molecule has 210 valence electrons. The number of para-hydroxylation sites is 1. The molecule has 0 radical (unpaired) electrons. The van der Waals surface area contributed by atoms with E-state index in [0.29, 0.717) is 10.8 Å². The SMILES string of the molecule is Cc1ccc(S(=O)(=O)[C@@H](Cc2c[nH]c3ccccc23)C(=O)Nc2nc(-c3ccc(N4CCOCC4)cc3)cs2)cc1. The van der Waals surface area contributed by atoms with Crippen LogP contribution in [0.15, 0.2) is 89.3 Å². The Balaban J connectivity index is 1.25. The molecule has 1 amide bonds. The second-order valence-electron chi connectivity index (χ2n) is 10.1. The maximum absolute atomic E-state index is 13.8. The van der Waals surface area contributed by atoms with Crippen molar-refractivity contribution in [1.82, 2.24) is 9.97 Å². The summed E-state index contributed by atoms with van der Waals surface area (Å²) in [6.07, 6.45) is 1.80. The number of hydrogen-bond donors (Lipinski definition) is 2. The number of sulfone groups is 1. The molecule has 0 unspecified atom stereocenters. The fourth-order valence-corrected chi connectivity index (χ4v) is 7.36. The molecule has 3 heterocycles. The molecule has 1 atom stereocenters. The van der Waals surface area contributed by atoms with Gasteiger partial charge < -0.3 is 19.9 Å². The summed E-state index contributed by atoms with van der Waals surface area (Å²) in [4.78, 5) is 23.9. The van der Waals surface area contributed by atoms with Crippen molar-refractivity contribution < 1.29 is 17.9 Å². The summed E-state index contributed by atoms with van der Waals surface area (Å²) >= 11 is 1.27. The number of carbonyl (C=O) groups excluding carboxylic acids is 1. The molecule has 1 saturated heterocycles. The van der Waals surface area contributed by atoms with Crippen molar-refractivity contribution in [1.29, 1.82) is 0 Å². The Morgan fingerprint density at radius 2 is 1.78 bits per heavy atom. The molecule has 0 bridgehead atoms. The van der Waals surface area contributed by atoms with Gasteiger partial charge in [-0.05, 0) is 42.8 Å². The summed E-state index contributed by atoms with van der Waals surface area (Å²) < 4.78 is 33.1. The van der Waals surface area contributed by atoms with E-state index in [4.69, 9.17) is 4.74 Å². The highest BCUT2D eigenvalue weighted by atomic mass is 32.2. The zero-order valence-corrected chi connectivity index (χ0v) is 24.2. The summed E-state index contributed by atoms with van der Waals surface area (Å²) in [5, 5.41) is 4.56. The number of anilines is 2. The third-order valence-corrected chi connectivity index (χ3v) is 10.2. The predicted octanol–water partition coefficient (Wildman–Crippen LogP) is 5.46. The van der Waals surface area contributed by atoms with Crippen LogP contribution in [0.25, 0.3) is 22.2 Å². The number of aryl methyl sites for hydroxylation is 1. The van der Waals surface area contributed by atoms with Crippen LogP contribution >= 0.6 is 11.3 Å². The van der Waals surface area contributed by atoms with Crippen molar-refractivity contribution in [3.63, 3.8) is 0 Å². The lowest BCUT2D eigenvalue weighted by Gasteiger charge is -2.28. The number of hydrogen-bond acceptors (Lipinski definition) is 7. The monoisotopic (exact) mass is 586 g/mol. The van der Waals surface area contributed by atoms with Crippen LogP contribution in [0.1, 0.15) is 11.1 Å². The minimum Gasteiger partial charge on any atom is -0.378 e. The molecule has 41 heavy (non-hydrogen) atoms. The molecule has 0 saturated carbocycles. The fourth-order valence-electron chi connectivity index (χ4n) is 5.05. The second kappa shape index (κ2) is 11.5. The largest absolute Gasteiger partial charge is 0.378 e. The number of nitrogens with one attached hydrogen (secondary N) is 2. The van der Waals surface area contributed by atoms with E-state index in [9.17, 15) is 13.2 Å². The zero-order chi connectivity index (χ0) is 28.4. The van der Waals surface area contributed by atoms with E-state index in [1.807, 2.05) is 48.7 Å². The van der Waals surface area contributed by atoms with Crippen molar-refractivity contribution in [3.8, 4) is 11.3 Å². The first kappa shape index (κ1) is 27.2. The molecular formula is C31H30N4O4S2. The highest BCUT2D eigenvalue weighted by Gasteiger charge is 2.35. The Morgan fingerprint density at radius 3 is 2.54 bits per heavy atom. The van der Waals surface area contributed by atoms with Gasteiger partial charge in [-0.3, -0.25) is 4.79 Å². The molecule has 5 aromatic rings. The highest BCUT2D eigenvalue weighted by Crippen LogP contribution is 2.29. The minimum atomic E-state index is -4.01. The van der Waals surface area contributed by atoms with Gasteiger partial charge in [0, 0.05) is 53.2 Å². The lowest BCUT2D eigenvalue weighted by Crippen LogP contribution is -2.37. The van der Waals surface area contributed by atoms with Crippen LogP contribution in [0, 0.1) is 6.92 Å². The molecule has 2 N–H and O–H groups in total. The maximum atomic E-state index is 13.8. The number of benzene rings is 3. The molecule has 3 aromatic carbocycles. The van der Waals surface area contributed by atoms with Gasteiger partial charge in [-0.15, -0.1) is 11.3 Å². The number of rotatable bonds is 8. The van der Waals surface area contributed by atoms with Gasteiger partial charge in [0.05, 0.1) is 23.8 Å². The Hall–Kier alpha value is -3.99. The minimum absolute atomic E-state index is 0.0211. The number of ether oxygens (including phenoxy) is 1. The number of carbonyl (C=O) groups is 1. The van der Waals surface area contributed by atoms with Crippen LogP contribution in [0.5, 0.6) is 0 Å². The van der Waals surface area contributed by atoms with E-state index in [0.717, 1.165) is 59.6 Å². The molecular weight excluding hydrogens is 556 g/mol. The first-order valence-corrected chi connectivity index (χ1v) is 15.9. The van der Waals surface area contributed by atoms with Crippen LogP contribution in [0.3, 0.4) is 0 Å². The molecule has 2 aromatic heterocycles. The summed E-state index contributed by atoms with van der Waals surface area (Å²) in [6.45, 7) is 5.05. The molecule has 0 spiro atoms. The molecule has 1 aliphatic heterocycles. The van der Waals surface area contributed by atoms with Gasteiger partial charge in [0.25, 0.3) is 0 Å². The predicted molar refractivity (Wildman–Crippen MR) is 163 cm³/mol. The quantitative estimate of drug-likeness (QED) is 0.250. The van der Waals surface area contributed by atoms with Crippen LogP contribution in [-0.2, 0) is 25.8 Å². The Labute approximate surface area is 242 Å². The number of fused-ring (bicyclic) bond motifs is 1. The number of morpholine rings is 1. The third kappa shape index (κ3) is 5.76.